The van der Waals surface area contributed by atoms with Crippen molar-refractivity contribution < 1.29 is 28.7 Å². The molecule has 1 rings (SSSR count). The Morgan fingerprint density at radius 2 is 1.65 bits per heavy atom. The average Bonchev–Trinajstić information content (AvgIpc) is 2.90. The van der Waals surface area contributed by atoms with Gasteiger partial charge in [0.1, 0.15) is 13.2 Å². The van der Waals surface area contributed by atoms with Crippen LogP contribution in [-0.2, 0) is 28.7 Å². The lowest BCUT2D eigenvalue weighted by molar-refractivity contribution is -0.143. The molecule has 0 aliphatic carbocycles. The van der Waals surface area contributed by atoms with Crippen LogP contribution in [0.15, 0.2) is 0 Å². The van der Waals surface area contributed by atoms with Crippen molar-refractivity contribution in [2.24, 2.45) is 0 Å². The Balaban J connectivity index is 2.35. The van der Waals surface area contributed by atoms with Crippen LogP contribution in [0, 0.1) is 0 Å². The van der Waals surface area contributed by atoms with Crippen LogP contribution in [0.5, 0.6) is 0 Å². The number of hydrogen-bond acceptors (Lipinski definition) is 8. The number of likely N-dealkylation sites (tertiary alicyclic amines) is 1. The summed E-state index contributed by atoms with van der Waals surface area (Å²) in [7, 11) is 3.32. The highest BCUT2D eigenvalue weighted by atomic mass is 33.1. The summed E-state index contributed by atoms with van der Waals surface area (Å²) in [5.74, 6) is -0.484. The standard InChI is InChI=1S/C21H36N2O6S2/c1-15(24)28-13-21(6,7)31-30-14-20(4,5)29-11-10-19(2,3)22-16(25)12-23-17(26)8-9-18(23)27/h8-14H2,1-7H3,(H,22,25). The van der Waals surface area contributed by atoms with Crippen LogP contribution in [-0.4, -0.2) is 70.0 Å². The lowest BCUT2D eigenvalue weighted by atomic mass is 10.0. The molecule has 0 saturated carbocycles. The van der Waals surface area contributed by atoms with Gasteiger partial charge in [0.25, 0.3) is 0 Å². The summed E-state index contributed by atoms with van der Waals surface area (Å²) in [5, 5.41) is 2.88. The van der Waals surface area contributed by atoms with Gasteiger partial charge < -0.3 is 14.8 Å². The van der Waals surface area contributed by atoms with Crippen molar-refractivity contribution in [1.29, 1.82) is 0 Å². The van der Waals surface area contributed by atoms with Crippen molar-refractivity contribution in [3.63, 3.8) is 0 Å². The number of rotatable bonds is 13. The van der Waals surface area contributed by atoms with E-state index in [1.807, 2.05) is 41.5 Å². The molecule has 0 radical (unpaired) electrons. The number of ether oxygens (including phenoxy) is 2. The Kier molecular flexibility index (Phi) is 10.4. The molecule has 0 spiro atoms. The first kappa shape index (κ1) is 27.8. The van der Waals surface area contributed by atoms with Gasteiger partial charge >= 0.3 is 5.97 Å². The molecule has 0 bridgehead atoms. The molecule has 1 aliphatic rings. The van der Waals surface area contributed by atoms with Gasteiger partial charge in [0.2, 0.25) is 17.7 Å². The molecule has 0 atom stereocenters. The van der Waals surface area contributed by atoms with Crippen molar-refractivity contribution in [3.8, 4) is 0 Å². The number of nitrogens with zero attached hydrogens (tertiary/aromatic N) is 1. The van der Waals surface area contributed by atoms with E-state index in [2.05, 4.69) is 5.32 Å². The number of esters is 1. The molecule has 8 nitrogen and oxygen atoms in total. The summed E-state index contributed by atoms with van der Waals surface area (Å²) >= 11 is 0. The minimum Gasteiger partial charge on any atom is -0.464 e. The molecular formula is C21H36N2O6S2. The van der Waals surface area contributed by atoms with Gasteiger partial charge in [-0.2, -0.15) is 0 Å². The highest BCUT2D eigenvalue weighted by Crippen LogP contribution is 2.38. The number of amides is 3. The Bertz CT molecular complexity index is 663. The monoisotopic (exact) mass is 476 g/mol. The predicted molar refractivity (Wildman–Crippen MR) is 124 cm³/mol. The van der Waals surface area contributed by atoms with Gasteiger partial charge in [0.15, 0.2) is 0 Å². The Labute approximate surface area is 193 Å². The van der Waals surface area contributed by atoms with E-state index < -0.39 is 5.54 Å². The van der Waals surface area contributed by atoms with Gasteiger partial charge in [-0.15, -0.1) is 0 Å². The summed E-state index contributed by atoms with van der Waals surface area (Å²) in [6, 6.07) is 0. The van der Waals surface area contributed by atoms with E-state index in [9.17, 15) is 19.2 Å². The van der Waals surface area contributed by atoms with Gasteiger partial charge in [-0.1, -0.05) is 21.6 Å². The fourth-order valence-corrected chi connectivity index (χ4v) is 5.66. The molecule has 1 saturated heterocycles. The lowest BCUT2D eigenvalue weighted by Gasteiger charge is -2.31. The fraction of sp³-hybridized carbons (Fsp3) is 0.810. The van der Waals surface area contributed by atoms with Crippen LogP contribution >= 0.6 is 21.6 Å². The highest BCUT2D eigenvalue weighted by Gasteiger charge is 2.32. The van der Waals surface area contributed by atoms with E-state index in [0.717, 1.165) is 10.7 Å². The molecule has 0 aromatic rings. The largest absolute Gasteiger partial charge is 0.464 e. The third kappa shape index (κ3) is 11.2. The number of hydrogen-bond donors (Lipinski definition) is 1. The van der Waals surface area contributed by atoms with Crippen molar-refractivity contribution in [2.75, 3.05) is 25.5 Å². The van der Waals surface area contributed by atoms with E-state index in [1.165, 1.54) is 6.92 Å². The predicted octanol–water partition coefficient (Wildman–Crippen LogP) is 2.94. The van der Waals surface area contributed by atoms with Crippen molar-refractivity contribution in [2.45, 2.75) is 83.6 Å². The van der Waals surface area contributed by atoms with E-state index in [-0.39, 0.29) is 53.4 Å². The second kappa shape index (κ2) is 11.6. The molecule has 1 N–H and O–H groups in total. The summed E-state index contributed by atoms with van der Waals surface area (Å²) in [5.41, 5.74) is -0.906. The summed E-state index contributed by atoms with van der Waals surface area (Å²) in [4.78, 5) is 47.6. The minimum absolute atomic E-state index is 0.176. The molecule has 31 heavy (non-hydrogen) atoms. The Morgan fingerprint density at radius 3 is 2.19 bits per heavy atom. The smallest absolute Gasteiger partial charge is 0.302 e. The first-order chi connectivity index (χ1) is 14.1. The molecule has 1 aliphatic heterocycles. The zero-order chi connectivity index (χ0) is 23.9. The van der Waals surface area contributed by atoms with Gasteiger partial charge in [-0.3, -0.25) is 24.1 Å². The fourth-order valence-electron chi connectivity index (χ4n) is 2.68. The molecule has 178 valence electrons. The van der Waals surface area contributed by atoms with Gasteiger partial charge in [0, 0.05) is 37.7 Å². The molecule has 0 aromatic heterocycles. The normalized spacial score (nSPS) is 15.4. The zero-order valence-corrected chi connectivity index (χ0v) is 21.3. The summed E-state index contributed by atoms with van der Waals surface area (Å²) < 4.78 is 10.9. The van der Waals surface area contributed by atoms with Crippen molar-refractivity contribution >= 4 is 45.3 Å². The summed E-state index contributed by atoms with van der Waals surface area (Å²) in [6.07, 6.45) is 0.936. The molecule has 0 aromatic carbocycles. The topological polar surface area (TPSA) is 102 Å². The lowest BCUT2D eigenvalue weighted by Crippen LogP contribution is -2.49. The van der Waals surface area contributed by atoms with E-state index in [1.54, 1.807) is 21.6 Å². The Hall–Kier alpha value is -1.26. The average molecular weight is 477 g/mol. The van der Waals surface area contributed by atoms with Gasteiger partial charge in [0.05, 0.1) is 10.3 Å². The van der Waals surface area contributed by atoms with Crippen LogP contribution < -0.4 is 5.32 Å². The first-order valence-corrected chi connectivity index (χ1v) is 12.7. The quantitative estimate of drug-likeness (QED) is 0.246. The van der Waals surface area contributed by atoms with E-state index >= 15 is 0 Å². The molecule has 10 heteroatoms. The highest BCUT2D eigenvalue weighted by molar-refractivity contribution is 8.77. The van der Waals surface area contributed by atoms with Crippen LogP contribution in [0.2, 0.25) is 0 Å². The third-order valence-corrected chi connectivity index (χ3v) is 8.03. The van der Waals surface area contributed by atoms with E-state index in [0.29, 0.717) is 19.6 Å². The van der Waals surface area contributed by atoms with Crippen LogP contribution in [0.1, 0.15) is 67.7 Å². The second-order valence-electron chi connectivity index (χ2n) is 9.55. The van der Waals surface area contributed by atoms with Crippen molar-refractivity contribution in [3.05, 3.63) is 0 Å². The van der Waals surface area contributed by atoms with Gasteiger partial charge in [-0.05, 0) is 48.0 Å². The number of carbonyl (C=O) groups excluding carboxylic acids is 4. The maximum atomic E-state index is 12.3. The molecule has 1 fully saturated rings. The maximum Gasteiger partial charge on any atom is 0.302 e. The number of imide groups is 1. The van der Waals surface area contributed by atoms with Crippen LogP contribution in [0.25, 0.3) is 0 Å². The second-order valence-corrected chi connectivity index (χ2v) is 12.6. The maximum absolute atomic E-state index is 12.3. The van der Waals surface area contributed by atoms with Gasteiger partial charge in [-0.25, -0.2) is 0 Å². The van der Waals surface area contributed by atoms with Crippen LogP contribution in [0.3, 0.4) is 0 Å². The van der Waals surface area contributed by atoms with E-state index in [4.69, 9.17) is 9.47 Å². The molecule has 1 heterocycles. The first-order valence-electron chi connectivity index (χ1n) is 10.3. The van der Waals surface area contributed by atoms with Crippen molar-refractivity contribution in [1.82, 2.24) is 10.2 Å². The molecular weight excluding hydrogens is 440 g/mol. The molecule has 3 amide bonds. The van der Waals surface area contributed by atoms with Crippen LogP contribution in [0.4, 0.5) is 0 Å². The minimum atomic E-state index is -0.535. The number of carbonyl (C=O) groups is 4. The number of nitrogens with one attached hydrogen (secondary N) is 1. The SMILES string of the molecule is CC(=O)OCC(C)(C)SSCC(C)(C)OCCC(C)(C)NC(=O)CN1C(=O)CCC1=O. The summed E-state index contributed by atoms with van der Waals surface area (Å²) in [6.45, 7) is 13.8. The molecule has 0 unspecified atom stereocenters. The third-order valence-electron chi connectivity index (χ3n) is 4.47. The zero-order valence-electron chi connectivity index (χ0n) is 19.7. The Morgan fingerprint density at radius 1 is 1.06 bits per heavy atom.